The van der Waals surface area contributed by atoms with Crippen LogP contribution >= 0.6 is 15.9 Å². The quantitative estimate of drug-likeness (QED) is 0.926. The molecule has 0 amide bonds. The third kappa shape index (κ3) is 3.54. The number of aliphatic hydroxyl groups is 1. The molecule has 1 N–H and O–H groups in total. The van der Waals surface area contributed by atoms with Crippen LogP contribution in [0.3, 0.4) is 0 Å². The maximum absolute atomic E-state index is 10.3. The molecule has 1 saturated heterocycles. The molecule has 1 aliphatic heterocycles. The molecule has 0 saturated carbocycles. The van der Waals surface area contributed by atoms with E-state index in [-0.39, 0.29) is 0 Å². The van der Waals surface area contributed by atoms with Crippen molar-refractivity contribution in [1.29, 1.82) is 0 Å². The molecular weight excluding hydrogens is 292 g/mol. The molecule has 1 aliphatic rings. The lowest BCUT2D eigenvalue weighted by molar-refractivity contribution is 0.0474. The van der Waals surface area contributed by atoms with Crippen LogP contribution in [0.2, 0.25) is 0 Å². The number of likely N-dealkylation sites (N-methyl/N-ethyl adjacent to an activating group) is 1. The molecule has 0 unspecified atom stereocenters. The first-order valence-electron chi connectivity index (χ1n) is 6.42. The maximum Gasteiger partial charge on any atom is 0.0917 e. The Hall–Kier alpha value is -0.420. The van der Waals surface area contributed by atoms with E-state index in [9.17, 15) is 5.11 Å². The standard InChI is InChI=1S/C14H21BrN2O/c1-11-9-16(2)6-7-17(11)10-14(18)12-4-3-5-13(15)8-12/h3-5,8,11,14,18H,6-7,9-10H2,1-2H3/t11-,14-/m0/s1. The van der Waals surface area contributed by atoms with Crippen LogP contribution in [0.4, 0.5) is 0 Å². The summed E-state index contributed by atoms with van der Waals surface area (Å²) in [5.74, 6) is 0. The molecule has 1 aromatic carbocycles. The number of β-amino-alcohol motifs (C(OH)–C–C–N with tert-alkyl or cyclic N) is 1. The Morgan fingerprint density at radius 3 is 2.89 bits per heavy atom. The van der Waals surface area contributed by atoms with Crippen LogP contribution in [0.5, 0.6) is 0 Å². The number of hydrogen-bond donors (Lipinski definition) is 1. The second kappa shape index (κ2) is 6.15. The third-order valence-electron chi connectivity index (χ3n) is 3.61. The van der Waals surface area contributed by atoms with E-state index in [0.717, 1.165) is 29.7 Å². The minimum atomic E-state index is -0.409. The van der Waals surface area contributed by atoms with Crippen molar-refractivity contribution in [2.24, 2.45) is 0 Å². The summed E-state index contributed by atoms with van der Waals surface area (Å²) in [6, 6.07) is 8.43. The second-order valence-corrected chi connectivity index (χ2v) is 6.09. The number of halogens is 1. The fraction of sp³-hybridized carbons (Fsp3) is 0.571. The number of rotatable bonds is 3. The molecule has 0 bridgehead atoms. The first-order valence-corrected chi connectivity index (χ1v) is 7.21. The van der Waals surface area contributed by atoms with Gasteiger partial charge in [-0.3, -0.25) is 4.90 Å². The predicted octanol–water partition coefficient (Wildman–Crippen LogP) is 2.12. The van der Waals surface area contributed by atoms with E-state index in [1.165, 1.54) is 0 Å². The molecular formula is C14H21BrN2O. The zero-order chi connectivity index (χ0) is 13.1. The van der Waals surface area contributed by atoms with E-state index >= 15 is 0 Å². The SMILES string of the molecule is C[C@H]1CN(C)CCN1C[C@H](O)c1cccc(Br)c1. The van der Waals surface area contributed by atoms with Crippen molar-refractivity contribution >= 4 is 15.9 Å². The molecule has 1 fully saturated rings. The van der Waals surface area contributed by atoms with Gasteiger partial charge in [-0.15, -0.1) is 0 Å². The molecule has 18 heavy (non-hydrogen) atoms. The first kappa shape index (κ1) is 14.0. The van der Waals surface area contributed by atoms with Gasteiger partial charge in [-0.25, -0.2) is 0 Å². The zero-order valence-electron chi connectivity index (χ0n) is 11.0. The Bertz CT molecular complexity index is 399. The topological polar surface area (TPSA) is 26.7 Å². The van der Waals surface area contributed by atoms with Gasteiger partial charge in [-0.2, -0.15) is 0 Å². The lowest BCUT2D eigenvalue weighted by Crippen LogP contribution is -2.51. The monoisotopic (exact) mass is 312 g/mol. The highest BCUT2D eigenvalue weighted by molar-refractivity contribution is 9.10. The van der Waals surface area contributed by atoms with E-state index in [2.05, 4.69) is 39.7 Å². The Morgan fingerprint density at radius 2 is 2.22 bits per heavy atom. The van der Waals surface area contributed by atoms with Crippen LogP contribution in [-0.4, -0.2) is 54.2 Å². The van der Waals surface area contributed by atoms with Gasteiger partial charge in [0.15, 0.2) is 0 Å². The molecule has 4 heteroatoms. The highest BCUT2D eigenvalue weighted by atomic mass is 79.9. The minimum Gasteiger partial charge on any atom is -0.387 e. The van der Waals surface area contributed by atoms with Crippen LogP contribution in [0.15, 0.2) is 28.7 Å². The van der Waals surface area contributed by atoms with E-state index in [1.807, 2.05) is 24.3 Å². The van der Waals surface area contributed by atoms with Gasteiger partial charge in [-0.05, 0) is 31.7 Å². The van der Waals surface area contributed by atoms with E-state index < -0.39 is 6.10 Å². The van der Waals surface area contributed by atoms with Crippen molar-refractivity contribution in [3.8, 4) is 0 Å². The summed E-state index contributed by atoms with van der Waals surface area (Å²) in [6.45, 7) is 6.12. The van der Waals surface area contributed by atoms with Gasteiger partial charge < -0.3 is 10.0 Å². The fourth-order valence-corrected chi connectivity index (χ4v) is 2.91. The van der Waals surface area contributed by atoms with Crippen molar-refractivity contribution < 1.29 is 5.11 Å². The van der Waals surface area contributed by atoms with Gasteiger partial charge in [0.25, 0.3) is 0 Å². The smallest absolute Gasteiger partial charge is 0.0917 e. The Morgan fingerprint density at radius 1 is 1.44 bits per heavy atom. The predicted molar refractivity (Wildman–Crippen MR) is 77.6 cm³/mol. The number of nitrogens with zero attached hydrogens (tertiary/aromatic N) is 2. The van der Waals surface area contributed by atoms with Gasteiger partial charge in [-0.1, -0.05) is 28.1 Å². The maximum atomic E-state index is 10.3. The Balaban J connectivity index is 1.97. The molecule has 2 atom stereocenters. The van der Waals surface area contributed by atoms with Crippen LogP contribution in [0.1, 0.15) is 18.6 Å². The van der Waals surface area contributed by atoms with Crippen molar-refractivity contribution in [1.82, 2.24) is 9.80 Å². The molecule has 0 spiro atoms. The van der Waals surface area contributed by atoms with Crippen LogP contribution in [0, 0.1) is 0 Å². The Labute approximate surface area is 118 Å². The van der Waals surface area contributed by atoms with Crippen molar-refractivity contribution in [3.63, 3.8) is 0 Å². The van der Waals surface area contributed by atoms with E-state index in [0.29, 0.717) is 12.6 Å². The summed E-state index contributed by atoms with van der Waals surface area (Å²) in [5, 5.41) is 10.3. The summed E-state index contributed by atoms with van der Waals surface area (Å²) in [7, 11) is 2.15. The van der Waals surface area contributed by atoms with Crippen LogP contribution in [0.25, 0.3) is 0 Å². The molecule has 0 aromatic heterocycles. The summed E-state index contributed by atoms with van der Waals surface area (Å²) < 4.78 is 1.02. The molecule has 100 valence electrons. The van der Waals surface area contributed by atoms with Gasteiger partial charge in [0, 0.05) is 36.7 Å². The second-order valence-electron chi connectivity index (χ2n) is 5.18. The molecule has 3 nitrogen and oxygen atoms in total. The van der Waals surface area contributed by atoms with Crippen molar-refractivity contribution in [2.75, 3.05) is 33.2 Å². The number of piperazine rings is 1. The van der Waals surface area contributed by atoms with Crippen molar-refractivity contribution in [3.05, 3.63) is 34.3 Å². The van der Waals surface area contributed by atoms with Crippen LogP contribution < -0.4 is 0 Å². The lowest BCUT2D eigenvalue weighted by atomic mass is 10.1. The van der Waals surface area contributed by atoms with E-state index in [4.69, 9.17) is 0 Å². The molecule has 2 rings (SSSR count). The number of aliphatic hydroxyl groups excluding tert-OH is 1. The molecule has 1 heterocycles. The molecule has 1 aromatic rings. The number of benzene rings is 1. The zero-order valence-corrected chi connectivity index (χ0v) is 12.6. The van der Waals surface area contributed by atoms with Crippen LogP contribution in [-0.2, 0) is 0 Å². The molecule has 0 aliphatic carbocycles. The Kier molecular flexibility index (Phi) is 4.78. The summed E-state index contributed by atoms with van der Waals surface area (Å²) in [6.07, 6.45) is -0.409. The van der Waals surface area contributed by atoms with Gasteiger partial charge in [0.2, 0.25) is 0 Å². The minimum absolute atomic E-state index is 0.409. The van der Waals surface area contributed by atoms with Crippen molar-refractivity contribution in [2.45, 2.75) is 19.1 Å². The summed E-state index contributed by atoms with van der Waals surface area (Å²) in [5.41, 5.74) is 0.982. The van der Waals surface area contributed by atoms with E-state index in [1.54, 1.807) is 0 Å². The summed E-state index contributed by atoms with van der Waals surface area (Å²) >= 11 is 3.44. The fourth-order valence-electron chi connectivity index (χ4n) is 2.49. The first-order chi connectivity index (χ1) is 8.56. The normalized spacial score (nSPS) is 24.1. The van der Waals surface area contributed by atoms with Gasteiger partial charge in [0.1, 0.15) is 0 Å². The van der Waals surface area contributed by atoms with Gasteiger partial charge >= 0.3 is 0 Å². The average Bonchev–Trinajstić information content (AvgIpc) is 2.32. The lowest BCUT2D eigenvalue weighted by Gasteiger charge is -2.39. The highest BCUT2D eigenvalue weighted by Gasteiger charge is 2.23. The van der Waals surface area contributed by atoms with Gasteiger partial charge in [0.05, 0.1) is 6.10 Å². The largest absolute Gasteiger partial charge is 0.387 e. The molecule has 0 radical (unpaired) electrons. The number of hydrogen-bond acceptors (Lipinski definition) is 3. The average molecular weight is 313 g/mol. The summed E-state index contributed by atoms with van der Waals surface area (Å²) in [4.78, 5) is 4.71. The third-order valence-corrected chi connectivity index (χ3v) is 4.10. The highest BCUT2D eigenvalue weighted by Crippen LogP contribution is 2.20.